The molecule has 0 radical (unpaired) electrons. The zero-order valence-electron chi connectivity index (χ0n) is 16.5. The second-order valence-corrected chi connectivity index (χ2v) is 7.52. The molecule has 0 bridgehead atoms. The normalized spacial score (nSPS) is 12.3. The van der Waals surface area contributed by atoms with E-state index in [1.54, 1.807) is 23.3 Å². The molecule has 160 valence electrons. The molecule has 4 aromatic heterocycles. The number of nitrogens with one attached hydrogen (secondary N) is 1. The largest absolute Gasteiger partial charge is 0.478 e. The van der Waals surface area contributed by atoms with Gasteiger partial charge in [-0.3, -0.25) is 4.68 Å². The van der Waals surface area contributed by atoms with Crippen molar-refractivity contribution in [2.45, 2.75) is 6.10 Å². The van der Waals surface area contributed by atoms with Crippen molar-refractivity contribution in [1.29, 1.82) is 0 Å². The van der Waals surface area contributed by atoms with Gasteiger partial charge in [-0.15, -0.1) is 10.2 Å². The quantitative estimate of drug-likeness (QED) is 0.369. The Hall–Kier alpha value is -4.02. The molecule has 0 saturated heterocycles. The molecule has 3 N–H and O–H groups in total. The first-order valence-electron chi connectivity index (χ1n) is 9.41. The minimum absolute atomic E-state index is 0.00730. The van der Waals surface area contributed by atoms with Crippen LogP contribution >= 0.6 is 11.6 Å². The maximum Gasteiger partial charge on any atom is 0.335 e. The van der Waals surface area contributed by atoms with Crippen molar-refractivity contribution >= 4 is 28.6 Å². The summed E-state index contributed by atoms with van der Waals surface area (Å²) in [5.41, 5.74) is 3.31. The summed E-state index contributed by atoms with van der Waals surface area (Å²) in [6.45, 7) is 0. The number of carboxylic acids is 1. The highest BCUT2D eigenvalue weighted by atomic mass is 35.5. The predicted molar refractivity (Wildman–Crippen MR) is 114 cm³/mol. The van der Waals surface area contributed by atoms with Crippen molar-refractivity contribution < 1.29 is 19.4 Å². The van der Waals surface area contributed by atoms with Gasteiger partial charge in [0.2, 0.25) is 11.8 Å². The Kier molecular flexibility index (Phi) is 4.72. The molecule has 1 atom stereocenters. The fraction of sp³-hybridized carbons (Fsp3) is 0.0952. The van der Waals surface area contributed by atoms with E-state index in [0.29, 0.717) is 11.2 Å². The van der Waals surface area contributed by atoms with Gasteiger partial charge in [-0.1, -0.05) is 17.7 Å². The van der Waals surface area contributed by atoms with Crippen molar-refractivity contribution in [3.8, 4) is 22.6 Å². The highest BCUT2D eigenvalue weighted by Crippen LogP contribution is 2.33. The molecule has 0 fully saturated rings. The van der Waals surface area contributed by atoms with Crippen LogP contribution in [0.1, 0.15) is 27.9 Å². The molecule has 1 unspecified atom stereocenters. The van der Waals surface area contributed by atoms with Gasteiger partial charge in [0.15, 0.2) is 6.10 Å². The Labute approximate surface area is 185 Å². The minimum Gasteiger partial charge on any atom is -0.478 e. The SMILES string of the molecule is Cn1cc(-c2cnc3[nH]cc(-c4nnc(C(O)c5ccc(C(=O)O)cc5Cl)o4)c3c2)cn1. The maximum absolute atomic E-state index is 11.1. The first kappa shape index (κ1) is 19.9. The second kappa shape index (κ2) is 7.59. The van der Waals surface area contributed by atoms with Crippen LogP contribution in [-0.4, -0.2) is 46.1 Å². The van der Waals surface area contributed by atoms with Crippen molar-refractivity contribution in [2.24, 2.45) is 7.05 Å². The molecule has 0 aliphatic heterocycles. The Bertz CT molecular complexity index is 1470. The van der Waals surface area contributed by atoms with E-state index in [4.69, 9.17) is 21.1 Å². The van der Waals surface area contributed by atoms with Gasteiger partial charge >= 0.3 is 5.97 Å². The number of aromatic carboxylic acids is 1. The van der Waals surface area contributed by atoms with Gasteiger partial charge in [-0.25, -0.2) is 9.78 Å². The lowest BCUT2D eigenvalue weighted by Gasteiger charge is -2.09. The molecule has 0 saturated carbocycles. The zero-order valence-corrected chi connectivity index (χ0v) is 17.3. The number of aromatic nitrogens is 6. The third-order valence-corrected chi connectivity index (χ3v) is 5.34. The average Bonchev–Trinajstić information content (AvgIpc) is 3.51. The standard InChI is InChI=1S/C21H15ClN6O4/c1-28-9-12(7-25-28)11-4-14-15(8-24-18(14)23-6-11)19-26-27-20(32-19)17(29)13-3-2-10(21(30)31)5-16(13)22/h2-9,17,29H,1H3,(H,23,24)(H,30,31). The maximum atomic E-state index is 11.1. The van der Waals surface area contributed by atoms with Gasteiger partial charge in [-0.05, 0) is 18.2 Å². The summed E-state index contributed by atoms with van der Waals surface area (Å²) in [5, 5.41) is 32.8. The van der Waals surface area contributed by atoms with Crippen LogP contribution in [0, 0.1) is 0 Å². The topological polar surface area (TPSA) is 143 Å². The number of halogens is 1. The van der Waals surface area contributed by atoms with E-state index in [-0.39, 0.29) is 27.9 Å². The van der Waals surface area contributed by atoms with Crippen LogP contribution in [-0.2, 0) is 7.05 Å². The molecular weight excluding hydrogens is 436 g/mol. The summed E-state index contributed by atoms with van der Waals surface area (Å²) in [6, 6.07) is 5.95. The summed E-state index contributed by atoms with van der Waals surface area (Å²) in [7, 11) is 1.84. The molecule has 10 nitrogen and oxygen atoms in total. The lowest BCUT2D eigenvalue weighted by Crippen LogP contribution is -2.03. The van der Waals surface area contributed by atoms with Gasteiger partial charge in [0.05, 0.1) is 17.3 Å². The molecular formula is C21H15ClN6O4. The van der Waals surface area contributed by atoms with Gasteiger partial charge in [0.1, 0.15) is 5.65 Å². The van der Waals surface area contributed by atoms with E-state index in [1.165, 1.54) is 18.2 Å². The molecule has 0 amide bonds. The Morgan fingerprint density at radius 2 is 2.06 bits per heavy atom. The number of aromatic amines is 1. The predicted octanol–water partition coefficient (Wildman–Crippen LogP) is 3.45. The number of pyridine rings is 1. The number of nitrogens with zero attached hydrogens (tertiary/aromatic N) is 5. The Morgan fingerprint density at radius 1 is 1.22 bits per heavy atom. The Balaban J connectivity index is 1.50. The number of hydrogen-bond acceptors (Lipinski definition) is 7. The summed E-state index contributed by atoms with van der Waals surface area (Å²) in [5.74, 6) is -1.00. The van der Waals surface area contributed by atoms with Crippen LogP contribution in [0.15, 0.2) is 53.5 Å². The van der Waals surface area contributed by atoms with E-state index in [1.807, 2.05) is 19.3 Å². The monoisotopic (exact) mass is 450 g/mol. The van der Waals surface area contributed by atoms with Crippen molar-refractivity contribution in [3.05, 3.63) is 71.1 Å². The van der Waals surface area contributed by atoms with Crippen LogP contribution in [0.5, 0.6) is 0 Å². The fourth-order valence-corrected chi connectivity index (χ4v) is 3.66. The number of aryl methyl sites for hydroxylation is 1. The smallest absolute Gasteiger partial charge is 0.335 e. The summed E-state index contributed by atoms with van der Waals surface area (Å²) < 4.78 is 7.43. The van der Waals surface area contributed by atoms with E-state index in [9.17, 15) is 9.90 Å². The molecule has 0 spiro atoms. The van der Waals surface area contributed by atoms with Crippen LogP contribution in [0.4, 0.5) is 0 Å². The molecule has 5 rings (SSSR count). The molecule has 32 heavy (non-hydrogen) atoms. The molecule has 5 aromatic rings. The van der Waals surface area contributed by atoms with Crippen LogP contribution in [0.2, 0.25) is 5.02 Å². The number of aliphatic hydroxyl groups excluding tert-OH is 1. The number of H-pyrrole nitrogens is 1. The van der Waals surface area contributed by atoms with Crippen LogP contribution in [0.25, 0.3) is 33.6 Å². The lowest BCUT2D eigenvalue weighted by molar-refractivity contribution is 0.0696. The number of rotatable bonds is 5. The number of carboxylic acid groups (broad SMARTS) is 1. The van der Waals surface area contributed by atoms with Gasteiger partial charge in [0, 0.05) is 52.7 Å². The fourth-order valence-electron chi connectivity index (χ4n) is 3.38. The third kappa shape index (κ3) is 3.41. The summed E-state index contributed by atoms with van der Waals surface area (Å²) in [4.78, 5) is 18.6. The molecule has 11 heteroatoms. The minimum atomic E-state index is -1.32. The lowest BCUT2D eigenvalue weighted by atomic mass is 10.1. The molecule has 4 heterocycles. The number of hydrogen-bond donors (Lipinski definition) is 3. The molecule has 0 aliphatic carbocycles. The first-order chi connectivity index (χ1) is 15.4. The number of fused-ring (bicyclic) bond motifs is 1. The number of carbonyl (C=O) groups is 1. The highest BCUT2D eigenvalue weighted by molar-refractivity contribution is 6.31. The molecule has 1 aromatic carbocycles. The first-order valence-corrected chi connectivity index (χ1v) is 9.79. The average molecular weight is 451 g/mol. The summed E-state index contributed by atoms with van der Waals surface area (Å²) >= 11 is 6.15. The van der Waals surface area contributed by atoms with Gasteiger partial charge in [0.25, 0.3) is 0 Å². The number of benzene rings is 1. The van der Waals surface area contributed by atoms with Crippen molar-refractivity contribution in [3.63, 3.8) is 0 Å². The number of aliphatic hydroxyl groups is 1. The van der Waals surface area contributed by atoms with Crippen molar-refractivity contribution in [1.82, 2.24) is 29.9 Å². The Morgan fingerprint density at radius 3 is 2.78 bits per heavy atom. The van der Waals surface area contributed by atoms with Crippen molar-refractivity contribution in [2.75, 3.05) is 0 Å². The molecule has 0 aliphatic rings. The van der Waals surface area contributed by atoms with Crippen LogP contribution < -0.4 is 0 Å². The van der Waals surface area contributed by atoms with E-state index >= 15 is 0 Å². The van der Waals surface area contributed by atoms with E-state index in [0.717, 1.165) is 16.5 Å². The highest BCUT2D eigenvalue weighted by Gasteiger charge is 2.23. The summed E-state index contributed by atoms with van der Waals surface area (Å²) in [6.07, 6.45) is 5.75. The van der Waals surface area contributed by atoms with Crippen LogP contribution in [0.3, 0.4) is 0 Å². The second-order valence-electron chi connectivity index (χ2n) is 7.11. The van der Waals surface area contributed by atoms with Gasteiger partial charge < -0.3 is 19.6 Å². The zero-order chi connectivity index (χ0) is 22.4. The third-order valence-electron chi connectivity index (χ3n) is 5.02. The van der Waals surface area contributed by atoms with E-state index in [2.05, 4.69) is 25.3 Å². The van der Waals surface area contributed by atoms with Gasteiger partial charge in [-0.2, -0.15) is 5.10 Å². The van der Waals surface area contributed by atoms with E-state index < -0.39 is 12.1 Å².